The van der Waals surface area contributed by atoms with Gasteiger partial charge >= 0.3 is 0 Å². The molecule has 0 saturated carbocycles. The quantitative estimate of drug-likeness (QED) is 0.547. The van der Waals surface area contributed by atoms with Gasteiger partial charge in [0.05, 0.1) is 0 Å². The predicted octanol–water partition coefficient (Wildman–Crippen LogP) is 1.37. The Morgan fingerprint density at radius 2 is 2.42 bits per heavy atom. The van der Waals surface area contributed by atoms with Crippen LogP contribution in [0.1, 0.15) is 26.2 Å². The molecule has 0 aliphatic carbocycles. The van der Waals surface area contributed by atoms with E-state index in [0.717, 1.165) is 6.42 Å². The zero-order chi connectivity index (χ0) is 8.55. The van der Waals surface area contributed by atoms with Crippen LogP contribution in [0.4, 0.5) is 0 Å². The number of hydrogen-bond acceptors (Lipinski definition) is 2. The smallest absolute Gasteiger partial charge is 0.152 e. The molecule has 0 bridgehead atoms. The molecular weight excluding hydrogens is 150 g/mol. The van der Waals surface area contributed by atoms with E-state index in [0.29, 0.717) is 6.04 Å². The highest BCUT2D eigenvalue weighted by molar-refractivity contribution is 5.88. The molecular formula is C10H15NO. The topological polar surface area (TPSA) is 20.3 Å². The molecule has 0 N–H and O–H groups in total. The fraction of sp³-hybridized carbons (Fsp3) is 0.700. The van der Waals surface area contributed by atoms with Crippen LogP contribution in [0.3, 0.4) is 0 Å². The molecule has 66 valence electrons. The molecule has 0 aromatic carbocycles. The molecule has 12 heavy (non-hydrogen) atoms. The lowest BCUT2D eigenvalue weighted by molar-refractivity contribution is -0.112. The lowest BCUT2D eigenvalue weighted by atomic mass is 10.0. The molecule has 2 aliphatic heterocycles. The maximum atomic E-state index is 10.9. The molecule has 2 nitrogen and oxygen atoms in total. The summed E-state index contributed by atoms with van der Waals surface area (Å²) in [5.41, 5.74) is 1.38. The minimum Gasteiger partial charge on any atom is -0.296 e. The Hall–Kier alpha value is -0.630. The number of nitrogens with zero attached hydrogens (tertiary/aromatic N) is 1. The Bertz CT molecular complexity index is 232. The third-order valence-electron chi connectivity index (χ3n) is 2.87. The standard InChI is InChI=1S/C10H15NO/c1-8(12)7-9-4-6-11-5-2-3-10(9)11/h7,10H,2-6H2,1H3/b9-7-. The van der Waals surface area contributed by atoms with E-state index in [9.17, 15) is 4.79 Å². The molecule has 1 atom stereocenters. The number of carbonyl (C=O) groups is 1. The van der Waals surface area contributed by atoms with Crippen molar-refractivity contribution in [2.24, 2.45) is 0 Å². The molecule has 2 saturated heterocycles. The summed E-state index contributed by atoms with van der Waals surface area (Å²) in [4.78, 5) is 13.4. The van der Waals surface area contributed by atoms with E-state index in [2.05, 4.69) is 4.90 Å². The molecule has 2 rings (SSSR count). The van der Waals surface area contributed by atoms with E-state index in [1.807, 2.05) is 6.08 Å². The lowest BCUT2D eigenvalue weighted by Crippen LogP contribution is -2.22. The van der Waals surface area contributed by atoms with Crippen molar-refractivity contribution in [3.8, 4) is 0 Å². The van der Waals surface area contributed by atoms with Gasteiger partial charge in [-0.15, -0.1) is 0 Å². The first-order valence-corrected chi connectivity index (χ1v) is 4.72. The first kappa shape index (κ1) is 7.99. The Balaban J connectivity index is 2.13. The summed E-state index contributed by atoms with van der Waals surface area (Å²) in [6.45, 7) is 4.05. The van der Waals surface area contributed by atoms with E-state index in [1.54, 1.807) is 6.92 Å². The number of carbonyl (C=O) groups excluding carboxylic acids is 1. The first-order valence-electron chi connectivity index (χ1n) is 4.72. The van der Waals surface area contributed by atoms with E-state index < -0.39 is 0 Å². The number of allylic oxidation sites excluding steroid dienone is 1. The number of ketones is 1. The Morgan fingerprint density at radius 1 is 1.58 bits per heavy atom. The zero-order valence-electron chi connectivity index (χ0n) is 7.55. The number of rotatable bonds is 1. The van der Waals surface area contributed by atoms with Crippen LogP contribution in [0.25, 0.3) is 0 Å². The third kappa shape index (κ3) is 1.31. The molecule has 1 unspecified atom stereocenters. The highest BCUT2D eigenvalue weighted by Crippen LogP contribution is 2.31. The molecule has 0 radical (unpaired) electrons. The van der Waals surface area contributed by atoms with Crippen molar-refractivity contribution in [2.75, 3.05) is 13.1 Å². The van der Waals surface area contributed by atoms with E-state index in [1.165, 1.54) is 31.5 Å². The summed E-state index contributed by atoms with van der Waals surface area (Å²) in [6.07, 6.45) is 5.53. The van der Waals surface area contributed by atoms with Crippen molar-refractivity contribution in [2.45, 2.75) is 32.2 Å². The van der Waals surface area contributed by atoms with Crippen molar-refractivity contribution in [3.63, 3.8) is 0 Å². The van der Waals surface area contributed by atoms with E-state index >= 15 is 0 Å². The molecule has 2 heteroatoms. The van der Waals surface area contributed by atoms with Gasteiger partial charge in [0.25, 0.3) is 0 Å². The maximum Gasteiger partial charge on any atom is 0.152 e. The summed E-state index contributed by atoms with van der Waals surface area (Å²) in [5, 5.41) is 0. The zero-order valence-corrected chi connectivity index (χ0v) is 7.55. The van der Waals surface area contributed by atoms with Crippen molar-refractivity contribution in [1.82, 2.24) is 4.90 Å². The van der Waals surface area contributed by atoms with Gasteiger partial charge in [-0.05, 0) is 44.4 Å². The van der Waals surface area contributed by atoms with Crippen LogP contribution in [-0.4, -0.2) is 29.8 Å². The average Bonchev–Trinajstić information content (AvgIpc) is 2.52. The Kier molecular flexibility index (Phi) is 2.01. The van der Waals surface area contributed by atoms with Crippen LogP contribution in [-0.2, 0) is 4.79 Å². The van der Waals surface area contributed by atoms with Gasteiger partial charge in [0, 0.05) is 12.6 Å². The summed E-state index contributed by atoms with van der Waals surface area (Å²) in [5.74, 6) is 0.207. The maximum absolute atomic E-state index is 10.9. The van der Waals surface area contributed by atoms with Crippen LogP contribution < -0.4 is 0 Å². The second kappa shape index (κ2) is 3.02. The fourth-order valence-corrected chi connectivity index (χ4v) is 2.38. The fourth-order valence-electron chi connectivity index (χ4n) is 2.38. The van der Waals surface area contributed by atoms with E-state index in [-0.39, 0.29) is 5.78 Å². The predicted molar refractivity (Wildman–Crippen MR) is 48.0 cm³/mol. The van der Waals surface area contributed by atoms with Gasteiger partial charge in [-0.1, -0.05) is 0 Å². The highest BCUT2D eigenvalue weighted by Gasteiger charge is 2.32. The average molecular weight is 165 g/mol. The molecule has 2 aliphatic rings. The second-order valence-corrected chi connectivity index (χ2v) is 3.77. The minimum absolute atomic E-state index is 0.207. The first-order chi connectivity index (χ1) is 5.77. The molecule has 0 amide bonds. The molecule has 2 fully saturated rings. The monoisotopic (exact) mass is 165 g/mol. The van der Waals surface area contributed by atoms with Crippen molar-refractivity contribution < 1.29 is 4.79 Å². The van der Waals surface area contributed by atoms with Gasteiger partial charge in [-0.25, -0.2) is 0 Å². The van der Waals surface area contributed by atoms with Gasteiger partial charge in [0.15, 0.2) is 5.78 Å². The normalized spacial score (nSPS) is 32.8. The van der Waals surface area contributed by atoms with Crippen LogP contribution in [0.5, 0.6) is 0 Å². The summed E-state index contributed by atoms with van der Waals surface area (Å²) in [7, 11) is 0. The number of hydrogen-bond donors (Lipinski definition) is 0. The minimum atomic E-state index is 0.207. The summed E-state index contributed by atoms with van der Waals surface area (Å²) >= 11 is 0. The highest BCUT2D eigenvalue weighted by atomic mass is 16.1. The van der Waals surface area contributed by atoms with Gasteiger partial charge in [-0.3, -0.25) is 9.69 Å². The Labute approximate surface area is 73.2 Å². The van der Waals surface area contributed by atoms with Crippen molar-refractivity contribution in [1.29, 1.82) is 0 Å². The summed E-state index contributed by atoms with van der Waals surface area (Å²) in [6, 6.07) is 0.619. The van der Waals surface area contributed by atoms with Gasteiger partial charge < -0.3 is 0 Å². The summed E-state index contributed by atoms with van der Waals surface area (Å²) < 4.78 is 0. The van der Waals surface area contributed by atoms with Crippen LogP contribution in [0, 0.1) is 0 Å². The van der Waals surface area contributed by atoms with Crippen molar-refractivity contribution >= 4 is 5.78 Å². The molecule has 0 aromatic rings. The molecule has 2 heterocycles. The Morgan fingerprint density at radius 3 is 3.17 bits per heavy atom. The largest absolute Gasteiger partial charge is 0.296 e. The van der Waals surface area contributed by atoms with Crippen LogP contribution >= 0.6 is 0 Å². The van der Waals surface area contributed by atoms with Gasteiger partial charge in [0.1, 0.15) is 0 Å². The van der Waals surface area contributed by atoms with E-state index in [4.69, 9.17) is 0 Å². The lowest BCUT2D eigenvalue weighted by Gasteiger charge is -2.13. The van der Waals surface area contributed by atoms with Crippen LogP contribution in [0.2, 0.25) is 0 Å². The second-order valence-electron chi connectivity index (χ2n) is 3.77. The van der Waals surface area contributed by atoms with Gasteiger partial charge in [-0.2, -0.15) is 0 Å². The van der Waals surface area contributed by atoms with Crippen molar-refractivity contribution in [3.05, 3.63) is 11.6 Å². The molecule has 0 aromatic heterocycles. The number of fused-ring (bicyclic) bond motifs is 1. The molecule has 0 spiro atoms. The van der Waals surface area contributed by atoms with Gasteiger partial charge in [0.2, 0.25) is 0 Å². The third-order valence-corrected chi connectivity index (χ3v) is 2.87. The van der Waals surface area contributed by atoms with Crippen LogP contribution in [0.15, 0.2) is 11.6 Å². The SMILES string of the molecule is CC(=O)/C=C1/CCN2CCCC12.